The van der Waals surface area contributed by atoms with Crippen LogP contribution < -0.4 is 4.74 Å². The highest BCUT2D eigenvalue weighted by Gasteiger charge is 2.59. The molecule has 22 heavy (non-hydrogen) atoms. The zero-order chi connectivity index (χ0) is 15.3. The summed E-state index contributed by atoms with van der Waals surface area (Å²) in [6, 6.07) is 7.36. The van der Waals surface area contributed by atoms with Gasteiger partial charge in [-0.25, -0.2) is 0 Å². The van der Waals surface area contributed by atoms with E-state index in [9.17, 15) is 9.59 Å². The molecule has 1 saturated carbocycles. The van der Waals surface area contributed by atoms with Crippen molar-refractivity contribution in [2.24, 2.45) is 28.8 Å². The number of para-hydroxylation sites is 1. The molecule has 4 atom stereocenters. The Morgan fingerprint density at radius 2 is 1.77 bits per heavy atom. The lowest BCUT2D eigenvalue weighted by atomic mass is 9.85. The minimum absolute atomic E-state index is 0.169. The lowest BCUT2D eigenvalue weighted by Gasteiger charge is -2.13. The Balaban J connectivity index is 1.61. The van der Waals surface area contributed by atoms with E-state index in [0.717, 1.165) is 17.0 Å². The minimum Gasteiger partial charge on any atom is -0.496 e. The number of benzene rings is 1. The van der Waals surface area contributed by atoms with Crippen molar-refractivity contribution in [3.63, 3.8) is 0 Å². The van der Waals surface area contributed by atoms with Crippen LogP contribution in [-0.2, 0) is 9.59 Å². The van der Waals surface area contributed by atoms with Gasteiger partial charge in [0.1, 0.15) is 5.75 Å². The fraction of sp³-hybridized carbons (Fsp3) is 0.353. The first kappa shape index (κ1) is 13.2. The Labute approximate surface area is 128 Å². The third kappa shape index (κ3) is 1.75. The molecule has 0 unspecified atom stereocenters. The van der Waals surface area contributed by atoms with Gasteiger partial charge in [-0.3, -0.25) is 9.59 Å². The molecule has 0 aromatic heterocycles. The summed E-state index contributed by atoms with van der Waals surface area (Å²) in [4.78, 5) is 25.0. The average molecular weight is 296 g/mol. The molecule has 1 saturated heterocycles. The zero-order valence-corrected chi connectivity index (χ0v) is 12.2. The summed E-state index contributed by atoms with van der Waals surface area (Å²) in [6.45, 7) is 0. The van der Waals surface area contributed by atoms with Gasteiger partial charge in [0.2, 0.25) is 0 Å². The molecule has 1 aromatic carbocycles. The lowest BCUT2D eigenvalue weighted by Crippen LogP contribution is -2.28. The molecule has 2 fully saturated rings. The van der Waals surface area contributed by atoms with E-state index >= 15 is 0 Å². The minimum atomic E-state index is -0.211. The molecule has 1 aromatic rings. The van der Waals surface area contributed by atoms with E-state index in [-0.39, 0.29) is 35.5 Å². The van der Waals surface area contributed by atoms with Crippen molar-refractivity contribution >= 4 is 18.0 Å². The van der Waals surface area contributed by atoms with Gasteiger partial charge in [-0.05, 0) is 30.4 Å². The summed E-state index contributed by atoms with van der Waals surface area (Å²) in [5.74, 6) is 0.314. The monoisotopic (exact) mass is 296 g/mol. The maximum atomic E-state index is 12.5. The van der Waals surface area contributed by atoms with Crippen LogP contribution in [0.2, 0.25) is 0 Å². The van der Waals surface area contributed by atoms with E-state index in [1.807, 2.05) is 24.3 Å². The Bertz CT molecular complexity index is 680. The third-order valence-electron chi connectivity index (χ3n) is 4.90. The van der Waals surface area contributed by atoms with Crippen LogP contribution in [-0.4, -0.2) is 30.1 Å². The maximum Gasteiger partial charge on any atom is 0.254 e. The highest BCUT2D eigenvalue weighted by Crippen LogP contribution is 2.52. The predicted molar refractivity (Wildman–Crippen MR) is 80.2 cm³/mol. The number of ether oxygens (including phenoxy) is 1. The van der Waals surface area contributed by atoms with Crippen molar-refractivity contribution in [2.75, 3.05) is 7.11 Å². The highest BCUT2D eigenvalue weighted by atomic mass is 16.5. The third-order valence-corrected chi connectivity index (χ3v) is 4.90. The quantitative estimate of drug-likeness (QED) is 0.486. The predicted octanol–water partition coefficient (Wildman–Crippen LogP) is 1.84. The summed E-state index contributed by atoms with van der Waals surface area (Å²) < 4.78 is 5.24. The van der Waals surface area contributed by atoms with Gasteiger partial charge in [-0.15, -0.1) is 0 Å². The molecule has 5 nitrogen and oxygen atoms in total. The molecule has 1 heterocycles. The van der Waals surface area contributed by atoms with Crippen LogP contribution in [0, 0.1) is 23.7 Å². The number of hydrogen-bond acceptors (Lipinski definition) is 4. The van der Waals surface area contributed by atoms with E-state index in [1.54, 1.807) is 7.11 Å². The Morgan fingerprint density at radius 3 is 2.41 bits per heavy atom. The summed E-state index contributed by atoms with van der Waals surface area (Å²) in [7, 11) is 1.58. The number of hydrazone groups is 1. The summed E-state index contributed by atoms with van der Waals surface area (Å²) in [5.41, 5.74) is 0.740. The van der Waals surface area contributed by atoms with E-state index in [0.29, 0.717) is 5.75 Å². The topological polar surface area (TPSA) is 59.0 Å². The molecule has 0 spiro atoms. The van der Waals surface area contributed by atoms with Gasteiger partial charge >= 0.3 is 0 Å². The van der Waals surface area contributed by atoms with Crippen LogP contribution in [0.25, 0.3) is 0 Å². The number of imide groups is 1. The molecule has 2 amide bonds. The average Bonchev–Trinajstić information content (AvgIpc) is 3.21. The molecule has 112 valence electrons. The van der Waals surface area contributed by atoms with Gasteiger partial charge < -0.3 is 4.74 Å². The second-order valence-electron chi connectivity index (χ2n) is 5.97. The lowest BCUT2D eigenvalue weighted by molar-refractivity contribution is -0.140. The number of carbonyl (C=O) groups is 2. The maximum absolute atomic E-state index is 12.5. The summed E-state index contributed by atoms with van der Waals surface area (Å²) >= 11 is 0. The van der Waals surface area contributed by atoms with Crippen LogP contribution in [0.1, 0.15) is 12.0 Å². The van der Waals surface area contributed by atoms with E-state index < -0.39 is 0 Å². The number of carbonyl (C=O) groups excluding carboxylic acids is 2. The second kappa shape index (κ2) is 4.80. The highest BCUT2D eigenvalue weighted by molar-refractivity contribution is 6.06. The molecule has 1 aliphatic heterocycles. The van der Waals surface area contributed by atoms with Crippen LogP contribution in [0.4, 0.5) is 0 Å². The number of methoxy groups -OCH3 is 1. The van der Waals surface area contributed by atoms with Crippen LogP contribution in [0.15, 0.2) is 41.5 Å². The molecule has 2 aliphatic carbocycles. The number of fused-ring (bicyclic) bond motifs is 5. The van der Waals surface area contributed by atoms with Crippen LogP contribution in [0.3, 0.4) is 0 Å². The van der Waals surface area contributed by atoms with Crippen molar-refractivity contribution in [3.8, 4) is 5.75 Å². The second-order valence-corrected chi connectivity index (χ2v) is 5.97. The zero-order valence-electron chi connectivity index (χ0n) is 12.2. The Morgan fingerprint density at radius 1 is 1.14 bits per heavy atom. The fourth-order valence-corrected chi connectivity index (χ4v) is 3.89. The molecule has 2 bridgehead atoms. The molecular formula is C17H16N2O3. The molecule has 4 rings (SSSR count). The largest absolute Gasteiger partial charge is 0.496 e. The van der Waals surface area contributed by atoms with Crippen molar-refractivity contribution in [1.82, 2.24) is 5.01 Å². The summed E-state index contributed by atoms with van der Waals surface area (Å²) in [5, 5.41) is 5.19. The van der Waals surface area contributed by atoms with Crippen molar-refractivity contribution in [2.45, 2.75) is 6.42 Å². The van der Waals surface area contributed by atoms with Gasteiger partial charge in [0.15, 0.2) is 0 Å². The molecular weight excluding hydrogens is 280 g/mol. The number of allylic oxidation sites excluding steroid dienone is 2. The van der Waals surface area contributed by atoms with Crippen molar-refractivity contribution in [3.05, 3.63) is 42.0 Å². The first-order chi connectivity index (χ1) is 10.7. The summed E-state index contributed by atoms with van der Waals surface area (Å²) in [6.07, 6.45) is 6.59. The van der Waals surface area contributed by atoms with Gasteiger partial charge in [-0.1, -0.05) is 24.3 Å². The fourth-order valence-electron chi connectivity index (χ4n) is 3.89. The van der Waals surface area contributed by atoms with Gasteiger partial charge in [0.05, 0.1) is 25.2 Å². The normalized spacial score (nSPS) is 32.3. The molecule has 5 heteroatoms. The number of rotatable bonds is 3. The number of amides is 2. The first-order valence-electron chi connectivity index (χ1n) is 7.44. The molecule has 0 N–H and O–H groups in total. The van der Waals surface area contributed by atoms with Gasteiger partial charge in [0.25, 0.3) is 11.8 Å². The van der Waals surface area contributed by atoms with Gasteiger partial charge in [-0.2, -0.15) is 10.1 Å². The van der Waals surface area contributed by atoms with E-state index in [1.165, 1.54) is 6.21 Å². The van der Waals surface area contributed by atoms with Crippen LogP contribution >= 0.6 is 0 Å². The van der Waals surface area contributed by atoms with E-state index in [2.05, 4.69) is 17.3 Å². The van der Waals surface area contributed by atoms with E-state index in [4.69, 9.17) is 4.74 Å². The molecule has 3 aliphatic rings. The number of hydrogen-bond donors (Lipinski definition) is 0. The standard InChI is InChI=1S/C17H16N2O3/c1-22-13-5-3-2-4-12(13)9-18-19-16(20)14-10-6-7-11(8-10)15(14)17(19)21/h2-7,9-11,14-15H,8H2,1H3/b18-9-/t10-,11-,14+,15+/m0/s1. The number of nitrogens with zero attached hydrogens (tertiary/aromatic N) is 2. The Kier molecular flexibility index (Phi) is 2.89. The van der Waals surface area contributed by atoms with Crippen molar-refractivity contribution < 1.29 is 14.3 Å². The first-order valence-corrected chi connectivity index (χ1v) is 7.44. The van der Waals surface area contributed by atoms with Gasteiger partial charge in [0, 0.05) is 5.56 Å². The molecule has 0 radical (unpaired) electrons. The van der Waals surface area contributed by atoms with Crippen LogP contribution in [0.5, 0.6) is 5.75 Å². The van der Waals surface area contributed by atoms with Crippen molar-refractivity contribution in [1.29, 1.82) is 0 Å². The Hall–Kier alpha value is -2.43. The SMILES string of the molecule is COc1ccccc1/C=N\N1C(=O)[C@H]2[C@H](C1=O)[C@H]1C=C[C@H]2C1. The smallest absolute Gasteiger partial charge is 0.254 e.